The molecule has 0 N–H and O–H groups in total. The van der Waals surface area contributed by atoms with Gasteiger partial charge < -0.3 is 13.6 Å². The molecule has 0 unspecified atom stereocenters. The number of carbonyl (C=O) groups excluding carboxylic acids is 1. The zero-order chi connectivity index (χ0) is 17.5. The van der Waals surface area contributed by atoms with Gasteiger partial charge in [0.1, 0.15) is 6.10 Å². The molecule has 0 bridgehead atoms. The molecule has 1 aliphatic heterocycles. The number of hydrogen-bond donors (Lipinski definition) is 0. The maximum Gasteiger partial charge on any atom is 0.334 e. The van der Waals surface area contributed by atoms with E-state index in [0.29, 0.717) is 6.42 Å². The summed E-state index contributed by atoms with van der Waals surface area (Å²) in [5.41, 5.74) is 4.13. The summed E-state index contributed by atoms with van der Waals surface area (Å²) in [7, 11) is 0. The lowest BCUT2D eigenvalue weighted by molar-refractivity contribution is -0.139. The minimum atomic E-state index is -0.215. The summed E-state index contributed by atoms with van der Waals surface area (Å²) in [6.07, 6.45) is 17.9. The van der Waals surface area contributed by atoms with Crippen molar-refractivity contribution in [3.63, 3.8) is 0 Å². The highest BCUT2D eigenvalue weighted by Crippen LogP contribution is 2.23. The molecule has 1 aliphatic rings. The Balaban J connectivity index is 1.47. The lowest BCUT2D eigenvalue weighted by atomic mass is 10.1. The highest BCUT2D eigenvalue weighted by molar-refractivity contribution is 5.91. The Hall–Kier alpha value is -2.75. The summed E-state index contributed by atoms with van der Waals surface area (Å²) < 4.78 is 15.5. The van der Waals surface area contributed by atoms with Crippen molar-refractivity contribution in [1.29, 1.82) is 0 Å². The molecule has 4 heteroatoms. The largest absolute Gasteiger partial charge is 0.472 e. The molecule has 3 rings (SSSR count). The number of aryl methyl sites for hydroxylation is 1. The summed E-state index contributed by atoms with van der Waals surface area (Å²) in [5, 5.41) is 0. The van der Waals surface area contributed by atoms with Gasteiger partial charge in [-0.25, -0.2) is 4.79 Å². The molecule has 2 aromatic rings. The first-order chi connectivity index (χ1) is 12.2. The topological polar surface area (TPSA) is 52.6 Å². The van der Waals surface area contributed by atoms with Gasteiger partial charge in [0, 0.05) is 17.6 Å². The van der Waals surface area contributed by atoms with Gasteiger partial charge in [0.2, 0.25) is 0 Å². The third kappa shape index (κ3) is 5.11. The van der Waals surface area contributed by atoms with Gasteiger partial charge in [-0.15, -0.1) is 0 Å². The number of ether oxygens (including phenoxy) is 1. The Kier molecular flexibility index (Phi) is 5.73. The number of allylic oxidation sites excluding steroid dienone is 2. The van der Waals surface area contributed by atoms with E-state index in [0.717, 1.165) is 30.4 Å². The SMILES string of the molecule is CC(=CCCc1ccoc1)C[C@@H]1C=C(C/C=C/c2ccoc2)C(=O)O1. The van der Waals surface area contributed by atoms with Crippen molar-refractivity contribution >= 4 is 12.0 Å². The molecule has 0 fully saturated rings. The van der Waals surface area contributed by atoms with Crippen LogP contribution in [0.3, 0.4) is 0 Å². The minimum Gasteiger partial charge on any atom is -0.472 e. The van der Waals surface area contributed by atoms with Crippen LogP contribution in [0.5, 0.6) is 0 Å². The Labute approximate surface area is 147 Å². The van der Waals surface area contributed by atoms with Crippen LogP contribution in [-0.4, -0.2) is 12.1 Å². The Bertz CT molecular complexity index is 761. The average molecular weight is 338 g/mol. The highest BCUT2D eigenvalue weighted by atomic mass is 16.5. The molecule has 3 heterocycles. The lowest BCUT2D eigenvalue weighted by Crippen LogP contribution is -2.08. The predicted molar refractivity (Wildman–Crippen MR) is 95.7 cm³/mol. The maximum atomic E-state index is 12.0. The van der Waals surface area contributed by atoms with Crippen LogP contribution in [0.25, 0.3) is 6.08 Å². The fourth-order valence-electron chi connectivity index (χ4n) is 2.80. The molecular formula is C21H22O4. The van der Waals surface area contributed by atoms with E-state index in [9.17, 15) is 4.79 Å². The molecule has 0 saturated heterocycles. The third-order valence-electron chi connectivity index (χ3n) is 4.13. The summed E-state index contributed by atoms with van der Waals surface area (Å²) in [6.45, 7) is 2.08. The molecule has 1 atom stereocenters. The van der Waals surface area contributed by atoms with Gasteiger partial charge in [-0.05, 0) is 50.0 Å². The number of carbonyl (C=O) groups is 1. The third-order valence-corrected chi connectivity index (χ3v) is 4.13. The number of esters is 1. The zero-order valence-corrected chi connectivity index (χ0v) is 14.3. The second-order valence-corrected chi connectivity index (χ2v) is 6.22. The van der Waals surface area contributed by atoms with Crippen LogP contribution in [-0.2, 0) is 16.0 Å². The summed E-state index contributed by atoms with van der Waals surface area (Å²) in [6, 6.07) is 3.85. The van der Waals surface area contributed by atoms with Gasteiger partial charge in [0.15, 0.2) is 0 Å². The molecule has 4 nitrogen and oxygen atoms in total. The van der Waals surface area contributed by atoms with Crippen molar-refractivity contribution in [3.8, 4) is 0 Å². The number of rotatable bonds is 8. The van der Waals surface area contributed by atoms with E-state index >= 15 is 0 Å². The highest BCUT2D eigenvalue weighted by Gasteiger charge is 2.24. The monoisotopic (exact) mass is 338 g/mol. The van der Waals surface area contributed by atoms with Crippen LogP contribution in [0.1, 0.15) is 37.3 Å². The van der Waals surface area contributed by atoms with Gasteiger partial charge in [-0.1, -0.05) is 23.8 Å². The second kappa shape index (κ2) is 8.38. The molecular weight excluding hydrogens is 316 g/mol. The number of hydrogen-bond acceptors (Lipinski definition) is 4. The minimum absolute atomic E-state index is 0.157. The van der Waals surface area contributed by atoms with Crippen LogP contribution >= 0.6 is 0 Å². The standard InChI is InChI=1S/C21H22O4/c1-16(4-2-5-17-8-10-23-14-17)12-20-13-19(21(22)25-20)7-3-6-18-9-11-24-15-18/h3-4,6,8-11,13-15,20H,2,5,7,12H2,1H3/b6-3+,16-4?/t20-/m1/s1. The van der Waals surface area contributed by atoms with Crippen LogP contribution in [0.2, 0.25) is 0 Å². The molecule has 0 radical (unpaired) electrons. The molecule has 0 saturated carbocycles. The van der Waals surface area contributed by atoms with Crippen LogP contribution < -0.4 is 0 Å². The fraction of sp³-hybridized carbons (Fsp3) is 0.286. The second-order valence-electron chi connectivity index (χ2n) is 6.22. The molecule has 0 amide bonds. The molecule has 130 valence electrons. The van der Waals surface area contributed by atoms with E-state index in [2.05, 4.69) is 13.0 Å². The Morgan fingerprint density at radius 2 is 2.04 bits per heavy atom. The maximum absolute atomic E-state index is 12.0. The van der Waals surface area contributed by atoms with Crippen LogP contribution in [0.4, 0.5) is 0 Å². The summed E-state index contributed by atoms with van der Waals surface area (Å²) in [4.78, 5) is 12.0. The first-order valence-corrected chi connectivity index (χ1v) is 8.48. The normalized spacial score (nSPS) is 18.0. The first-order valence-electron chi connectivity index (χ1n) is 8.48. The number of cyclic esters (lactones) is 1. The van der Waals surface area contributed by atoms with Gasteiger partial charge >= 0.3 is 5.97 Å². The van der Waals surface area contributed by atoms with E-state index in [-0.39, 0.29) is 12.1 Å². The molecule has 0 spiro atoms. The van der Waals surface area contributed by atoms with Crippen LogP contribution in [0.15, 0.2) is 75.4 Å². The van der Waals surface area contributed by atoms with E-state index in [1.54, 1.807) is 25.1 Å². The summed E-state index contributed by atoms with van der Waals surface area (Å²) in [5.74, 6) is -0.215. The fourth-order valence-corrected chi connectivity index (χ4v) is 2.80. The van der Waals surface area contributed by atoms with Crippen molar-refractivity contribution in [2.24, 2.45) is 0 Å². The molecule has 25 heavy (non-hydrogen) atoms. The predicted octanol–water partition coefficient (Wildman–Crippen LogP) is 5.10. The summed E-state index contributed by atoms with van der Waals surface area (Å²) >= 11 is 0. The van der Waals surface area contributed by atoms with Gasteiger partial charge in [-0.3, -0.25) is 0 Å². The van der Waals surface area contributed by atoms with Crippen molar-refractivity contribution in [2.75, 3.05) is 0 Å². The first kappa shape index (κ1) is 17.1. The van der Waals surface area contributed by atoms with Gasteiger partial charge in [0.25, 0.3) is 0 Å². The van der Waals surface area contributed by atoms with Crippen molar-refractivity contribution in [1.82, 2.24) is 0 Å². The van der Waals surface area contributed by atoms with E-state index in [1.807, 2.05) is 30.4 Å². The van der Waals surface area contributed by atoms with Gasteiger partial charge in [-0.2, -0.15) is 0 Å². The van der Waals surface area contributed by atoms with Crippen LogP contribution in [0, 0.1) is 0 Å². The van der Waals surface area contributed by atoms with E-state index < -0.39 is 0 Å². The number of furan rings is 2. The quantitative estimate of drug-likeness (QED) is 0.496. The van der Waals surface area contributed by atoms with Crippen molar-refractivity contribution in [2.45, 2.75) is 38.7 Å². The van der Waals surface area contributed by atoms with Gasteiger partial charge in [0.05, 0.1) is 25.1 Å². The van der Waals surface area contributed by atoms with Crippen molar-refractivity contribution < 1.29 is 18.4 Å². The molecule has 2 aromatic heterocycles. The Morgan fingerprint density at radius 1 is 1.20 bits per heavy atom. The van der Waals surface area contributed by atoms with Crippen molar-refractivity contribution in [3.05, 3.63) is 77.7 Å². The average Bonchev–Trinajstić information content (AvgIpc) is 3.31. The molecule has 0 aliphatic carbocycles. The molecule has 0 aromatic carbocycles. The zero-order valence-electron chi connectivity index (χ0n) is 14.3. The lowest BCUT2D eigenvalue weighted by Gasteiger charge is -2.08. The smallest absolute Gasteiger partial charge is 0.334 e. The van der Waals surface area contributed by atoms with E-state index in [4.69, 9.17) is 13.6 Å². The van der Waals surface area contributed by atoms with E-state index in [1.165, 1.54) is 11.1 Å². The Morgan fingerprint density at radius 3 is 2.80 bits per heavy atom.